The summed E-state index contributed by atoms with van der Waals surface area (Å²) in [6.07, 6.45) is 2.91. The van der Waals surface area contributed by atoms with E-state index in [1.807, 2.05) is 0 Å². The van der Waals surface area contributed by atoms with Crippen LogP contribution in [0.15, 0.2) is 0 Å². The molecule has 0 radical (unpaired) electrons. The number of rotatable bonds is 2. The van der Waals surface area contributed by atoms with Crippen LogP contribution in [0.2, 0.25) is 0 Å². The van der Waals surface area contributed by atoms with Gasteiger partial charge in [0.15, 0.2) is 0 Å². The van der Waals surface area contributed by atoms with E-state index in [1.54, 1.807) is 9.80 Å². The van der Waals surface area contributed by atoms with Crippen LogP contribution >= 0.6 is 12.6 Å². The fourth-order valence-electron chi connectivity index (χ4n) is 2.34. The second-order valence-corrected chi connectivity index (χ2v) is 4.53. The van der Waals surface area contributed by atoms with Crippen LogP contribution in [0.1, 0.15) is 19.3 Å². The summed E-state index contributed by atoms with van der Waals surface area (Å²) in [4.78, 5) is 27.2. The molecule has 2 rings (SSSR count). The van der Waals surface area contributed by atoms with Crippen molar-refractivity contribution in [3.63, 3.8) is 0 Å². The summed E-state index contributed by atoms with van der Waals surface area (Å²) in [6, 6.07) is -0.181. The van der Waals surface area contributed by atoms with E-state index in [2.05, 4.69) is 12.6 Å². The monoisotopic (exact) mass is 228 g/mol. The van der Waals surface area contributed by atoms with Gasteiger partial charge in [0.25, 0.3) is 0 Å². The van der Waals surface area contributed by atoms with Crippen molar-refractivity contribution in [2.75, 3.05) is 25.4 Å². The van der Waals surface area contributed by atoms with E-state index >= 15 is 0 Å². The first-order chi connectivity index (χ1) is 7.24. The largest absolute Gasteiger partial charge is 0.331 e. The lowest BCUT2D eigenvalue weighted by atomic mass is 9.98. The Bertz CT molecular complexity index is 283. The van der Waals surface area contributed by atoms with Crippen molar-refractivity contribution in [2.24, 2.45) is 0 Å². The van der Waals surface area contributed by atoms with Crippen molar-refractivity contribution in [2.45, 2.75) is 25.3 Å². The molecule has 84 valence electrons. The van der Waals surface area contributed by atoms with Gasteiger partial charge in [0.1, 0.15) is 6.04 Å². The predicted octanol–water partition coefficient (Wildman–Crippen LogP) is 0.140. The molecule has 0 saturated carbocycles. The number of piperidine rings is 1. The van der Waals surface area contributed by atoms with Crippen molar-refractivity contribution in [1.29, 1.82) is 0 Å². The van der Waals surface area contributed by atoms with Gasteiger partial charge in [-0.2, -0.15) is 12.6 Å². The number of carbonyl (C=O) groups is 2. The lowest BCUT2D eigenvalue weighted by Crippen LogP contribution is -2.61. The van der Waals surface area contributed by atoms with Crippen LogP contribution in [0.25, 0.3) is 0 Å². The van der Waals surface area contributed by atoms with E-state index in [4.69, 9.17) is 0 Å². The number of nitrogens with zero attached hydrogens (tertiary/aromatic N) is 2. The van der Waals surface area contributed by atoms with Gasteiger partial charge in [0.2, 0.25) is 11.8 Å². The molecule has 5 heteroatoms. The molecule has 2 saturated heterocycles. The fourth-order valence-corrected chi connectivity index (χ4v) is 2.58. The molecule has 2 heterocycles. The van der Waals surface area contributed by atoms with Crippen LogP contribution in [0.4, 0.5) is 0 Å². The number of hydrogen-bond donors (Lipinski definition) is 1. The molecule has 2 aliphatic heterocycles. The van der Waals surface area contributed by atoms with Crippen LogP contribution in [0, 0.1) is 0 Å². The third kappa shape index (κ3) is 1.97. The molecule has 0 aromatic heterocycles. The van der Waals surface area contributed by atoms with Gasteiger partial charge in [-0.15, -0.1) is 0 Å². The lowest BCUT2D eigenvalue weighted by molar-refractivity contribution is -0.157. The highest BCUT2D eigenvalue weighted by Crippen LogP contribution is 2.22. The van der Waals surface area contributed by atoms with Crippen LogP contribution in [0.3, 0.4) is 0 Å². The van der Waals surface area contributed by atoms with Gasteiger partial charge in [0.05, 0.1) is 6.54 Å². The molecule has 2 amide bonds. The van der Waals surface area contributed by atoms with E-state index < -0.39 is 0 Å². The third-order valence-corrected chi connectivity index (χ3v) is 3.32. The van der Waals surface area contributed by atoms with Crippen molar-refractivity contribution in [3.05, 3.63) is 0 Å². The molecule has 1 unspecified atom stereocenters. The number of fused-ring (bicyclic) bond motifs is 1. The van der Waals surface area contributed by atoms with E-state index in [0.717, 1.165) is 25.8 Å². The van der Waals surface area contributed by atoms with E-state index in [0.29, 0.717) is 12.3 Å². The van der Waals surface area contributed by atoms with Gasteiger partial charge in [0, 0.05) is 18.8 Å². The summed E-state index contributed by atoms with van der Waals surface area (Å²) in [6.45, 7) is 1.58. The van der Waals surface area contributed by atoms with Gasteiger partial charge >= 0.3 is 0 Å². The lowest BCUT2D eigenvalue weighted by Gasteiger charge is -2.42. The maximum atomic E-state index is 12.0. The Morgan fingerprint density at radius 3 is 2.87 bits per heavy atom. The summed E-state index contributed by atoms with van der Waals surface area (Å²) in [5.41, 5.74) is 0. The molecule has 0 aromatic rings. The number of carbonyl (C=O) groups excluding carboxylic acids is 2. The zero-order chi connectivity index (χ0) is 10.8. The topological polar surface area (TPSA) is 40.6 Å². The molecule has 0 spiro atoms. The zero-order valence-electron chi connectivity index (χ0n) is 8.69. The van der Waals surface area contributed by atoms with Crippen LogP contribution in [0.5, 0.6) is 0 Å². The number of hydrogen-bond acceptors (Lipinski definition) is 3. The molecular formula is C10H16N2O2S. The molecule has 4 nitrogen and oxygen atoms in total. The SMILES string of the molecule is O=C1C2CCCCN2C(=O)CN1CCS. The minimum Gasteiger partial charge on any atom is -0.331 e. The average molecular weight is 228 g/mol. The number of thiol groups is 1. The van der Waals surface area contributed by atoms with Gasteiger partial charge in [-0.25, -0.2) is 0 Å². The predicted molar refractivity (Wildman–Crippen MR) is 59.8 cm³/mol. The second-order valence-electron chi connectivity index (χ2n) is 4.08. The number of amides is 2. The summed E-state index contributed by atoms with van der Waals surface area (Å²) < 4.78 is 0. The Hall–Kier alpha value is -0.710. The average Bonchev–Trinajstić information content (AvgIpc) is 2.26. The van der Waals surface area contributed by atoms with E-state index in [-0.39, 0.29) is 24.4 Å². The maximum absolute atomic E-state index is 12.0. The highest BCUT2D eigenvalue weighted by molar-refractivity contribution is 7.80. The molecule has 0 bridgehead atoms. The Balaban J connectivity index is 2.11. The summed E-state index contributed by atoms with van der Waals surface area (Å²) >= 11 is 4.10. The molecular weight excluding hydrogens is 212 g/mol. The first-order valence-corrected chi connectivity index (χ1v) is 6.06. The summed E-state index contributed by atoms with van der Waals surface area (Å²) in [7, 11) is 0. The minimum absolute atomic E-state index is 0.0982. The Morgan fingerprint density at radius 2 is 2.13 bits per heavy atom. The minimum atomic E-state index is -0.181. The van der Waals surface area contributed by atoms with Gasteiger partial charge in [-0.3, -0.25) is 9.59 Å². The first kappa shape index (κ1) is 10.8. The van der Waals surface area contributed by atoms with Crippen molar-refractivity contribution in [1.82, 2.24) is 9.80 Å². The zero-order valence-corrected chi connectivity index (χ0v) is 9.58. The second kappa shape index (κ2) is 4.43. The summed E-state index contributed by atoms with van der Waals surface area (Å²) in [5.74, 6) is 0.829. The van der Waals surface area contributed by atoms with Gasteiger partial charge in [-0.05, 0) is 19.3 Å². The molecule has 15 heavy (non-hydrogen) atoms. The van der Waals surface area contributed by atoms with Crippen molar-refractivity contribution in [3.8, 4) is 0 Å². The first-order valence-electron chi connectivity index (χ1n) is 5.43. The normalized spacial score (nSPS) is 26.9. The van der Waals surface area contributed by atoms with Crippen molar-refractivity contribution >= 4 is 24.4 Å². The number of piperazine rings is 1. The maximum Gasteiger partial charge on any atom is 0.245 e. The Morgan fingerprint density at radius 1 is 1.33 bits per heavy atom. The third-order valence-electron chi connectivity index (χ3n) is 3.12. The highest BCUT2D eigenvalue weighted by atomic mass is 32.1. The van der Waals surface area contributed by atoms with E-state index in [1.165, 1.54) is 0 Å². The Labute approximate surface area is 95.0 Å². The summed E-state index contributed by atoms with van der Waals surface area (Å²) in [5, 5.41) is 0. The molecule has 2 aliphatic rings. The quantitative estimate of drug-likeness (QED) is 0.683. The van der Waals surface area contributed by atoms with Crippen LogP contribution in [-0.2, 0) is 9.59 Å². The smallest absolute Gasteiger partial charge is 0.245 e. The van der Waals surface area contributed by atoms with E-state index in [9.17, 15) is 9.59 Å². The fraction of sp³-hybridized carbons (Fsp3) is 0.800. The van der Waals surface area contributed by atoms with Gasteiger partial charge in [-0.1, -0.05) is 0 Å². The molecule has 0 aliphatic carbocycles. The van der Waals surface area contributed by atoms with Crippen LogP contribution < -0.4 is 0 Å². The highest BCUT2D eigenvalue weighted by Gasteiger charge is 2.39. The van der Waals surface area contributed by atoms with Crippen LogP contribution in [-0.4, -0.2) is 53.0 Å². The molecule has 0 N–H and O–H groups in total. The van der Waals surface area contributed by atoms with Crippen molar-refractivity contribution < 1.29 is 9.59 Å². The molecule has 2 fully saturated rings. The molecule has 1 atom stereocenters. The molecule has 0 aromatic carbocycles. The standard InChI is InChI=1S/C10H16N2O2S/c13-9-7-11(5-6-15)10(14)8-3-1-2-4-12(8)9/h8,15H,1-7H2. The Kier molecular flexibility index (Phi) is 3.19. The van der Waals surface area contributed by atoms with Gasteiger partial charge < -0.3 is 9.80 Å².